The molecule has 4 nitrogen and oxygen atoms in total. The molecule has 1 aromatic rings. The van der Waals surface area contributed by atoms with Crippen molar-refractivity contribution in [1.29, 1.82) is 0 Å². The molecule has 0 aromatic heterocycles. The number of benzene rings is 1. The second-order valence-corrected chi connectivity index (χ2v) is 8.04. The van der Waals surface area contributed by atoms with E-state index in [2.05, 4.69) is 20.8 Å². The number of amides is 1. The van der Waals surface area contributed by atoms with E-state index in [-0.39, 0.29) is 11.7 Å². The van der Waals surface area contributed by atoms with Gasteiger partial charge in [-0.1, -0.05) is 46.0 Å². The van der Waals surface area contributed by atoms with E-state index in [1.54, 1.807) is 23.1 Å². The number of rotatable bonds is 4. The van der Waals surface area contributed by atoms with E-state index in [1.807, 2.05) is 0 Å². The molecule has 0 spiro atoms. The number of carbonyl (C=O) groups is 1. The normalized spacial score (nSPS) is 21.1. The second-order valence-electron chi connectivity index (χ2n) is 5.45. The van der Waals surface area contributed by atoms with Crippen molar-refractivity contribution in [2.45, 2.75) is 0 Å². The van der Waals surface area contributed by atoms with Crippen LogP contribution in [0.5, 0.6) is 0 Å². The summed E-state index contributed by atoms with van der Waals surface area (Å²) in [6, 6.07) is 4.76. The predicted molar refractivity (Wildman–Crippen MR) is 101 cm³/mol. The first-order valence-electron chi connectivity index (χ1n) is 7.55. The number of thioether (sulfide) groups is 1. The van der Waals surface area contributed by atoms with Crippen molar-refractivity contribution >= 4 is 56.2 Å². The topological polar surface area (TPSA) is 32.8 Å². The van der Waals surface area contributed by atoms with E-state index in [0.29, 0.717) is 25.8 Å². The maximum Gasteiger partial charge on any atom is 0.266 e. The third kappa shape index (κ3) is 4.23. The van der Waals surface area contributed by atoms with Crippen LogP contribution in [0.1, 0.15) is 5.56 Å². The molecule has 3 rings (SSSR count). The number of ether oxygens (including phenoxy) is 1. The highest BCUT2D eigenvalue weighted by Gasteiger charge is 2.32. The fourth-order valence-corrected chi connectivity index (χ4v) is 4.15. The third-order valence-electron chi connectivity index (χ3n) is 3.87. The molecule has 24 heavy (non-hydrogen) atoms. The summed E-state index contributed by atoms with van der Waals surface area (Å²) >= 11 is 9.76. The summed E-state index contributed by atoms with van der Waals surface area (Å²) in [5.41, 5.74) is 0.381. The number of nitrogens with zero attached hydrogens (tertiary/aromatic N) is 2. The molecule has 2 aliphatic heterocycles. The van der Waals surface area contributed by atoms with Crippen molar-refractivity contribution in [2.24, 2.45) is 0 Å². The molecule has 0 radical (unpaired) electrons. The van der Waals surface area contributed by atoms with Gasteiger partial charge in [0, 0.05) is 36.2 Å². The monoisotopic (exact) mass is 430 g/mol. The van der Waals surface area contributed by atoms with E-state index < -0.39 is 0 Å². The summed E-state index contributed by atoms with van der Waals surface area (Å²) in [6.45, 7) is 4.49. The minimum absolute atomic E-state index is 0.152. The molecular formula is C16H16BrFN2O2S2. The molecule has 0 aliphatic carbocycles. The molecule has 128 valence electrons. The quantitative estimate of drug-likeness (QED) is 0.541. The number of thiocarbonyl (C=S) groups is 1. The minimum atomic E-state index is -0.372. The summed E-state index contributed by atoms with van der Waals surface area (Å²) < 4.78 is 20.5. The summed E-state index contributed by atoms with van der Waals surface area (Å²) in [5, 5.41) is 0. The van der Waals surface area contributed by atoms with Gasteiger partial charge in [0.15, 0.2) is 0 Å². The van der Waals surface area contributed by atoms with Gasteiger partial charge >= 0.3 is 0 Å². The third-order valence-corrected chi connectivity index (χ3v) is 5.74. The Labute approximate surface area is 158 Å². The molecule has 0 bridgehead atoms. The van der Waals surface area contributed by atoms with Crippen LogP contribution in [0, 0.1) is 5.82 Å². The number of hydrogen-bond acceptors (Lipinski definition) is 5. The van der Waals surface area contributed by atoms with Crippen LogP contribution in [-0.4, -0.2) is 59.4 Å². The van der Waals surface area contributed by atoms with Crippen molar-refractivity contribution in [2.75, 3.05) is 39.4 Å². The zero-order chi connectivity index (χ0) is 17.1. The van der Waals surface area contributed by atoms with Gasteiger partial charge in [0.05, 0.1) is 18.1 Å². The molecule has 1 aromatic carbocycles. The van der Waals surface area contributed by atoms with E-state index in [0.717, 1.165) is 32.8 Å². The highest BCUT2D eigenvalue weighted by molar-refractivity contribution is 9.10. The first-order valence-corrected chi connectivity index (χ1v) is 9.57. The van der Waals surface area contributed by atoms with Crippen molar-refractivity contribution in [1.82, 2.24) is 9.80 Å². The molecule has 0 N–H and O–H groups in total. The van der Waals surface area contributed by atoms with Gasteiger partial charge in [-0.05, 0) is 18.2 Å². The van der Waals surface area contributed by atoms with Crippen LogP contribution in [0.2, 0.25) is 0 Å². The summed E-state index contributed by atoms with van der Waals surface area (Å²) in [7, 11) is 0. The first-order chi connectivity index (χ1) is 11.5. The van der Waals surface area contributed by atoms with Crippen LogP contribution in [-0.2, 0) is 9.53 Å². The Hall–Kier alpha value is -0.800. The zero-order valence-corrected chi connectivity index (χ0v) is 16.1. The van der Waals surface area contributed by atoms with Gasteiger partial charge in [0.2, 0.25) is 0 Å². The maximum atomic E-state index is 14.0. The van der Waals surface area contributed by atoms with Crippen molar-refractivity contribution in [3.63, 3.8) is 0 Å². The van der Waals surface area contributed by atoms with Gasteiger partial charge in [0.1, 0.15) is 10.1 Å². The Morgan fingerprint density at radius 3 is 2.79 bits per heavy atom. The average molecular weight is 431 g/mol. The summed E-state index contributed by atoms with van der Waals surface area (Å²) in [4.78, 5) is 16.9. The fraction of sp³-hybridized carbons (Fsp3) is 0.375. The van der Waals surface area contributed by atoms with Gasteiger partial charge in [-0.2, -0.15) is 0 Å². The van der Waals surface area contributed by atoms with Crippen LogP contribution in [0.3, 0.4) is 0 Å². The predicted octanol–water partition coefficient (Wildman–Crippen LogP) is 3.12. The lowest BCUT2D eigenvalue weighted by molar-refractivity contribution is -0.122. The highest BCUT2D eigenvalue weighted by atomic mass is 79.9. The molecular weight excluding hydrogens is 415 g/mol. The molecule has 2 heterocycles. The largest absolute Gasteiger partial charge is 0.379 e. The Morgan fingerprint density at radius 1 is 1.33 bits per heavy atom. The lowest BCUT2D eigenvalue weighted by Gasteiger charge is -2.28. The molecule has 2 saturated heterocycles. The van der Waals surface area contributed by atoms with Gasteiger partial charge in [-0.25, -0.2) is 4.39 Å². The van der Waals surface area contributed by atoms with Gasteiger partial charge in [0.25, 0.3) is 5.91 Å². The molecule has 1 amide bonds. The maximum absolute atomic E-state index is 14.0. The number of halogens is 2. The van der Waals surface area contributed by atoms with Crippen LogP contribution < -0.4 is 0 Å². The van der Waals surface area contributed by atoms with Gasteiger partial charge < -0.3 is 4.74 Å². The smallest absolute Gasteiger partial charge is 0.266 e. The van der Waals surface area contributed by atoms with Gasteiger partial charge in [-0.15, -0.1) is 0 Å². The molecule has 0 atom stereocenters. The number of hydrogen-bond donors (Lipinski definition) is 0. The first kappa shape index (κ1) is 18.0. The molecule has 2 fully saturated rings. The number of morpholine rings is 1. The van der Waals surface area contributed by atoms with Crippen LogP contribution in [0.4, 0.5) is 4.39 Å². The lowest BCUT2D eigenvalue weighted by Crippen LogP contribution is -2.42. The molecule has 0 unspecified atom stereocenters. The fourth-order valence-electron chi connectivity index (χ4n) is 2.52. The SMILES string of the molecule is O=C1C(=Cc2ccc(Br)cc2F)SC(=S)N1CCN1CCOCC1. The second kappa shape index (κ2) is 8.05. The molecule has 2 aliphatic rings. The van der Waals surface area contributed by atoms with Crippen molar-refractivity contribution < 1.29 is 13.9 Å². The van der Waals surface area contributed by atoms with E-state index in [4.69, 9.17) is 17.0 Å². The Balaban J connectivity index is 1.67. The zero-order valence-electron chi connectivity index (χ0n) is 12.8. The van der Waals surface area contributed by atoms with Gasteiger partial charge in [-0.3, -0.25) is 14.6 Å². The highest BCUT2D eigenvalue weighted by Crippen LogP contribution is 2.33. The Kier molecular flexibility index (Phi) is 6.04. The lowest BCUT2D eigenvalue weighted by atomic mass is 10.2. The standard InChI is InChI=1S/C16H16BrFN2O2S2/c17-12-2-1-11(13(18)10-12)9-14-15(21)20(16(23)24-14)4-3-19-5-7-22-8-6-19/h1-2,9-10H,3-8H2. The van der Waals surface area contributed by atoms with Crippen molar-refractivity contribution in [3.05, 3.63) is 39.0 Å². The summed E-state index contributed by atoms with van der Waals surface area (Å²) in [6.07, 6.45) is 1.57. The Morgan fingerprint density at radius 2 is 2.08 bits per heavy atom. The van der Waals surface area contributed by atoms with Crippen LogP contribution in [0.15, 0.2) is 27.6 Å². The van der Waals surface area contributed by atoms with Crippen LogP contribution >= 0.6 is 39.9 Å². The molecule has 0 saturated carbocycles. The van der Waals surface area contributed by atoms with E-state index in [9.17, 15) is 9.18 Å². The average Bonchev–Trinajstić information content (AvgIpc) is 2.83. The Bertz CT molecular complexity index is 693. The van der Waals surface area contributed by atoms with E-state index >= 15 is 0 Å². The van der Waals surface area contributed by atoms with E-state index in [1.165, 1.54) is 17.8 Å². The summed E-state index contributed by atoms with van der Waals surface area (Å²) in [5.74, 6) is -0.525. The van der Waals surface area contributed by atoms with Crippen molar-refractivity contribution in [3.8, 4) is 0 Å². The number of carbonyl (C=O) groups excluding carboxylic acids is 1. The van der Waals surface area contributed by atoms with Crippen LogP contribution in [0.25, 0.3) is 6.08 Å². The minimum Gasteiger partial charge on any atom is -0.379 e. The molecule has 8 heteroatoms.